The standard InChI is InChI=1S/C14H20N2O2/c1-10(2)8-14(3,17)9-15-13-16-11-6-4-5-7-12(11)18-13/h4-7,10,17H,8-9H2,1-3H3,(H,15,16). The van der Waals surface area contributed by atoms with Gasteiger partial charge in [0.15, 0.2) is 5.58 Å². The Morgan fingerprint density at radius 1 is 1.39 bits per heavy atom. The van der Waals surface area contributed by atoms with Crippen molar-refractivity contribution in [1.82, 2.24) is 4.98 Å². The highest BCUT2D eigenvalue weighted by atomic mass is 16.4. The van der Waals surface area contributed by atoms with Gasteiger partial charge < -0.3 is 14.8 Å². The molecule has 1 unspecified atom stereocenters. The summed E-state index contributed by atoms with van der Waals surface area (Å²) in [4.78, 5) is 4.31. The molecule has 0 aliphatic carbocycles. The molecule has 2 rings (SSSR count). The number of aliphatic hydroxyl groups is 1. The molecule has 98 valence electrons. The zero-order valence-electron chi connectivity index (χ0n) is 11.1. The van der Waals surface area contributed by atoms with Gasteiger partial charge in [0.1, 0.15) is 5.52 Å². The number of benzene rings is 1. The number of nitrogens with zero attached hydrogens (tertiary/aromatic N) is 1. The summed E-state index contributed by atoms with van der Waals surface area (Å²) in [5, 5.41) is 13.2. The Morgan fingerprint density at radius 3 is 2.78 bits per heavy atom. The van der Waals surface area contributed by atoms with E-state index in [1.165, 1.54) is 0 Å². The number of rotatable bonds is 5. The van der Waals surface area contributed by atoms with Gasteiger partial charge in [-0.15, -0.1) is 0 Å². The van der Waals surface area contributed by atoms with Crippen LogP contribution in [0.3, 0.4) is 0 Å². The lowest BCUT2D eigenvalue weighted by molar-refractivity contribution is 0.0510. The molecule has 4 nitrogen and oxygen atoms in total. The lowest BCUT2D eigenvalue weighted by atomic mass is 9.94. The van der Waals surface area contributed by atoms with Crippen LogP contribution in [-0.4, -0.2) is 22.2 Å². The zero-order valence-corrected chi connectivity index (χ0v) is 11.1. The summed E-state index contributed by atoms with van der Waals surface area (Å²) in [6.45, 7) is 6.43. The van der Waals surface area contributed by atoms with Crippen molar-refractivity contribution >= 4 is 17.1 Å². The van der Waals surface area contributed by atoms with Gasteiger partial charge in [-0.25, -0.2) is 0 Å². The van der Waals surface area contributed by atoms with Crippen molar-refractivity contribution in [2.45, 2.75) is 32.8 Å². The molecule has 0 spiro atoms. The first-order valence-electron chi connectivity index (χ1n) is 6.28. The summed E-state index contributed by atoms with van der Waals surface area (Å²) >= 11 is 0. The molecule has 2 aromatic rings. The van der Waals surface area contributed by atoms with Crippen molar-refractivity contribution < 1.29 is 9.52 Å². The molecule has 0 bridgehead atoms. The van der Waals surface area contributed by atoms with E-state index in [9.17, 15) is 5.11 Å². The summed E-state index contributed by atoms with van der Waals surface area (Å²) in [7, 11) is 0. The van der Waals surface area contributed by atoms with Gasteiger partial charge in [-0.1, -0.05) is 26.0 Å². The van der Waals surface area contributed by atoms with Crippen LogP contribution >= 0.6 is 0 Å². The molecule has 0 saturated heterocycles. The second kappa shape index (κ2) is 4.98. The van der Waals surface area contributed by atoms with Crippen molar-refractivity contribution in [2.75, 3.05) is 11.9 Å². The molecule has 1 heterocycles. The van der Waals surface area contributed by atoms with Crippen molar-refractivity contribution in [2.24, 2.45) is 5.92 Å². The van der Waals surface area contributed by atoms with E-state index in [-0.39, 0.29) is 0 Å². The normalized spacial score (nSPS) is 14.9. The largest absolute Gasteiger partial charge is 0.424 e. The van der Waals surface area contributed by atoms with Crippen LogP contribution in [0.4, 0.5) is 6.01 Å². The molecule has 2 N–H and O–H groups in total. The fourth-order valence-electron chi connectivity index (χ4n) is 2.17. The third-order valence-electron chi connectivity index (χ3n) is 2.76. The average Bonchev–Trinajstić information content (AvgIpc) is 2.67. The number of fused-ring (bicyclic) bond motifs is 1. The molecule has 1 aromatic carbocycles. The number of oxazole rings is 1. The highest BCUT2D eigenvalue weighted by Gasteiger charge is 2.22. The number of aromatic nitrogens is 1. The number of anilines is 1. The molecule has 1 aromatic heterocycles. The SMILES string of the molecule is CC(C)CC(C)(O)CNc1nc2ccccc2o1. The van der Waals surface area contributed by atoms with Gasteiger partial charge in [-0.05, 0) is 31.4 Å². The summed E-state index contributed by atoms with van der Waals surface area (Å²) in [6.07, 6.45) is 0.736. The molecular weight excluding hydrogens is 228 g/mol. The van der Waals surface area contributed by atoms with E-state index in [4.69, 9.17) is 4.42 Å². The molecule has 4 heteroatoms. The van der Waals surface area contributed by atoms with Crippen LogP contribution in [0.2, 0.25) is 0 Å². The number of para-hydroxylation sites is 2. The van der Waals surface area contributed by atoms with E-state index in [2.05, 4.69) is 24.1 Å². The summed E-state index contributed by atoms with van der Waals surface area (Å²) in [5.41, 5.74) is 0.821. The van der Waals surface area contributed by atoms with E-state index in [1.807, 2.05) is 31.2 Å². The predicted octanol–water partition coefficient (Wildman–Crippen LogP) is 3.04. The second-order valence-electron chi connectivity index (χ2n) is 5.44. The van der Waals surface area contributed by atoms with Crippen LogP contribution in [-0.2, 0) is 0 Å². The van der Waals surface area contributed by atoms with Gasteiger partial charge in [0.2, 0.25) is 0 Å². The Bertz CT molecular complexity index is 484. The van der Waals surface area contributed by atoms with E-state index in [1.54, 1.807) is 0 Å². The quantitative estimate of drug-likeness (QED) is 0.854. The van der Waals surface area contributed by atoms with E-state index in [0.717, 1.165) is 17.5 Å². The van der Waals surface area contributed by atoms with Crippen LogP contribution in [0.15, 0.2) is 28.7 Å². The first-order chi connectivity index (χ1) is 8.46. The fourth-order valence-corrected chi connectivity index (χ4v) is 2.17. The van der Waals surface area contributed by atoms with E-state index >= 15 is 0 Å². The summed E-state index contributed by atoms with van der Waals surface area (Å²) in [6, 6.07) is 8.06. The maximum atomic E-state index is 10.2. The van der Waals surface area contributed by atoms with Gasteiger partial charge in [-0.3, -0.25) is 0 Å². The van der Waals surface area contributed by atoms with E-state index in [0.29, 0.717) is 18.5 Å². The van der Waals surface area contributed by atoms with Gasteiger partial charge in [0.25, 0.3) is 6.01 Å². The fraction of sp³-hybridized carbons (Fsp3) is 0.500. The van der Waals surface area contributed by atoms with Crippen LogP contribution in [0.5, 0.6) is 0 Å². The lowest BCUT2D eigenvalue weighted by Gasteiger charge is -2.25. The van der Waals surface area contributed by atoms with Gasteiger partial charge in [0, 0.05) is 6.54 Å². The molecule has 18 heavy (non-hydrogen) atoms. The van der Waals surface area contributed by atoms with Crippen molar-refractivity contribution in [3.63, 3.8) is 0 Å². The van der Waals surface area contributed by atoms with Crippen LogP contribution in [0.1, 0.15) is 27.2 Å². The minimum Gasteiger partial charge on any atom is -0.424 e. The maximum Gasteiger partial charge on any atom is 0.295 e. The molecule has 0 radical (unpaired) electrons. The average molecular weight is 248 g/mol. The monoisotopic (exact) mass is 248 g/mol. The van der Waals surface area contributed by atoms with Crippen molar-refractivity contribution in [3.05, 3.63) is 24.3 Å². The van der Waals surface area contributed by atoms with Gasteiger partial charge >= 0.3 is 0 Å². The van der Waals surface area contributed by atoms with E-state index < -0.39 is 5.60 Å². The highest BCUT2D eigenvalue weighted by Crippen LogP contribution is 2.20. The molecular formula is C14H20N2O2. The molecule has 0 amide bonds. The third-order valence-corrected chi connectivity index (χ3v) is 2.76. The molecule has 1 atom stereocenters. The smallest absolute Gasteiger partial charge is 0.295 e. The van der Waals surface area contributed by atoms with Crippen LogP contribution in [0.25, 0.3) is 11.1 Å². The summed E-state index contributed by atoms with van der Waals surface area (Å²) in [5.74, 6) is 0.449. The Morgan fingerprint density at radius 2 is 2.11 bits per heavy atom. The Kier molecular flexibility index (Phi) is 3.57. The molecule has 0 saturated carbocycles. The minimum atomic E-state index is -0.755. The first-order valence-corrected chi connectivity index (χ1v) is 6.28. The Balaban J connectivity index is 2.01. The van der Waals surface area contributed by atoms with Crippen LogP contribution in [0, 0.1) is 5.92 Å². The van der Waals surface area contributed by atoms with Crippen molar-refractivity contribution in [3.8, 4) is 0 Å². The summed E-state index contributed by atoms with van der Waals surface area (Å²) < 4.78 is 5.54. The lowest BCUT2D eigenvalue weighted by Crippen LogP contribution is -2.34. The number of hydrogen-bond acceptors (Lipinski definition) is 4. The Hall–Kier alpha value is -1.55. The van der Waals surface area contributed by atoms with Gasteiger partial charge in [-0.2, -0.15) is 4.98 Å². The first kappa shape index (κ1) is 12.9. The van der Waals surface area contributed by atoms with Crippen molar-refractivity contribution in [1.29, 1.82) is 0 Å². The van der Waals surface area contributed by atoms with Gasteiger partial charge in [0.05, 0.1) is 5.60 Å². The molecule has 0 aliphatic rings. The topological polar surface area (TPSA) is 58.3 Å². The molecule has 0 fully saturated rings. The maximum absolute atomic E-state index is 10.2. The predicted molar refractivity (Wildman–Crippen MR) is 72.6 cm³/mol. The minimum absolute atomic E-state index is 0.429. The Labute approximate surface area is 107 Å². The number of hydrogen-bond donors (Lipinski definition) is 2. The zero-order chi connectivity index (χ0) is 13.2. The second-order valence-corrected chi connectivity index (χ2v) is 5.44. The van der Waals surface area contributed by atoms with Crippen LogP contribution < -0.4 is 5.32 Å². The number of nitrogens with one attached hydrogen (secondary N) is 1. The third kappa shape index (κ3) is 3.23. The highest BCUT2D eigenvalue weighted by molar-refractivity contribution is 5.74. The molecule has 0 aliphatic heterocycles.